The molecule has 1 aromatic rings. The minimum absolute atomic E-state index is 0.123. The number of aryl methyl sites for hydroxylation is 1. The van der Waals surface area contributed by atoms with Gasteiger partial charge >= 0.3 is 0 Å². The van der Waals surface area contributed by atoms with E-state index in [1.54, 1.807) is 11.3 Å². The topological polar surface area (TPSA) is 29.1 Å². The molecule has 2 heterocycles. The number of rotatable bonds is 4. The maximum absolute atomic E-state index is 12.5. The van der Waals surface area contributed by atoms with E-state index in [9.17, 15) is 4.79 Å². The lowest BCUT2D eigenvalue weighted by atomic mass is 9.76. The van der Waals surface area contributed by atoms with Crippen LogP contribution in [0.1, 0.15) is 41.4 Å². The molecular formula is C13H19NOS. The largest absolute Gasteiger partial charge is 0.316 e. The molecule has 0 amide bonds. The number of ketones is 1. The number of carbonyl (C=O) groups excluding carboxylic acids is 1. The number of thiophene rings is 1. The molecule has 1 fully saturated rings. The van der Waals surface area contributed by atoms with E-state index in [1.165, 1.54) is 4.88 Å². The first-order valence-corrected chi connectivity index (χ1v) is 6.86. The van der Waals surface area contributed by atoms with Crippen molar-refractivity contribution in [2.24, 2.45) is 5.41 Å². The van der Waals surface area contributed by atoms with Crippen molar-refractivity contribution in [3.05, 3.63) is 21.9 Å². The van der Waals surface area contributed by atoms with Gasteiger partial charge in [0.1, 0.15) is 0 Å². The van der Waals surface area contributed by atoms with Crippen molar-refractivity contribution in [1.82, 2.24) is 5.32 Å². The molecule has 1 unspecified atom stereocenters. The Morgan fingerprint density at radius 2 is 2.44 bits per heavy atom. The molecule has 1 aliphatic rings. The SMILES string of the molecule is CCCC1(C(=O)c2csc(C)c2)CCNC1. The van der Waals surface area contributed by atoms with Crippen molar-refractivity contribution >= 4 is 17.1 Å². The van der Waals surface area contributed by atoms with Crippen molar-refractivity contribution in [2.45, 2.75) is 33.1 Å². The van der Waals surface area contributed by atoms with E-state index in [0.29, 0.717) is 5.78 Å². The molecule has 16 heavy (non-hydrogen) atoms. The summed E-state index contributed by atoms with van der Waals surface area (Å²) in [7, 11) is 0. The van der Waals surface area contributed by atoms with Gasteiger partial charge < -0.3 is 5.32 Å². The zero-order valence-electron chi connectivity index (χ0n) is 10.0. The molecule has 3 heteroatoms. The summed E-state index contributed by atoms with van der Waals surface area (Å²) in [5.41, 5.74) is 0.794. The van der Waals surface area contributed by atoms with Crippen molar-refractivity contribution in [1.29, 1.82) is 0 Å². The first-order valence-electron chi connectivity index (χ1n) is 5.98. The van der Waals surface area contributed by atoms with Gasteiger partial charge in [0, 0.05) is 27.8 Å². The highest BCUT2D eigenvalue weighted by molar-refractivity contribution is 7.10. The molecule has 88 valence electrons. The van der Waals surface area contributed by atoms with Crippen molar-refractivity contribution in [2.75, 3.05) is 13.1 Å². The maximum Gasteiger partial charge on any atom is 0.171 e. The fourth-order valence-corrected chi connectivity index (χ4v) is 3.29. The normalized spacial score (nSPS) is 24.9. The predicted octanol–water partition coefficient (Wildman–Crippen LogP) is 3.02. The van der Waals surface area contributed by atoms with E-state index in [2.05, 4.69) is 19.2 Å². The van der Waals surface area contributed by atoms with Crippen LogP contribution in [0.4, 0.5) is 0 Å². The molecule has 0 aliphatic carbocycles. The Morgan fingerprint density at radius 1 is 1.62 bits per heavy atom. The zero-order chi connectivity index (χ0) is 11.6. The molecule has 0 aromatic carbocycles. The number of carbonyl (C=O) groups is 1. The first kappa shape index (κ1) is 11.8. The van der Waals surface area contributed by atoms with E-state index >= 15 is 0 Å². The molecule has 0 radical (unpaired) electrons. The number of Topliss-reactive ketones (excluding diaryl/α,β-unsaturated/α-hetero) is 1. The summed E-state index contributed by atoms with van der Waals surface area (Å²) in [4.78, 5) is 13.8. The third-order valence-corrected chi connectivity index (χ3v) is 4.31. The lowest BCUT2D eigenvalue weighted by molar-refractivity contribution is 0.0802. The second-order valence-electron chi connectivity index (χ2n) is 4.73. The van der Waals surface area contributed by atoms with Gasteiger partial charge in [-0.25, -0.2) is 0 Å². The molecule has 0 bridgehead atoms. The summed E-state index contributed by atoms with van der Waals surface area (Å²) in [6.45, 7) is 6.05. The first-order chi connectivity index (χ1) is 7.68. The average Bonchev–Trinajstić information content (AvgIpc) is 2.87. The highest BCUT2D eigenvalue weighted by Crippen LogP contribution is 2.35. The zero-order valence-corrected chi connectivity index (χ0v) is 10.8. The summed E-state index contributed by atoms with van der Waals surface area (Å²) >= 11 is 1.67. The van der Waals surface area contributed by atoms with E-state index in [0.717, 1.165) is 37.9 Å². The van der Waals surface area contributed by atoms with Gasteiger partial charge in [0.2, 0.25) is 0 Å². The quantitative estimate of drug-likeness (QED) is 0.816. The van der Waals surface area contributed by atoms with Crippen LogP contribution in [-0.2, 0) is 0 Å². The molecule has 1 N–H and O–H groups in total. The van der Waals surface area contributed by atoms with Gasteiger partial charge in [0.15, 0.2) is 5.78 Å². The number of nitrogens with one attached hydrogen (secondary N) is 1. The molecule has 0 saturated carbocycles. The Balaban J connectivity index is 2.23. The number of hydrogen-bond donors (Lipinski definition) is 1. The van der Waals surface area contributed by atoms with Crippen LogP contribution < -0.4 is 5.32 Å². The minimum Gasteiger partial charge on any atom is -0.316 e. The smallest absolute Gasteiger partial charge is 0.171 e. The summed E-state index contributed by atoms with van der Waals surface area (Å²) in [6, 6.07) is 2.03. The van der Waals surface area contributed by atoms with E-state index in [1.807, 2.05) is 11.4 Å². The standard InChI is InChI=1S/C13H19NOS/c1-3-4-13(5-6-14-9-13)12(15)11-7-10(2)16-8-11/h7-8,14H,3-6,9H2,1-2H3. The van der Waals surface area contributed by atoms with Gasteiger partial charge in [-0.3, -0.25) is 4.79 Å². The van der Waals surface area contributed by atoms with Crippen LogP contribution in [0.5, 0.6) is 0 Å². The monoisotopic (exact) mass is 237 g/mol. The minimum atomic E-state index is -0.123. The van der Waals surface area contributed by atoms with Crippen LogP contribution in [0.25, 0.3) is 0 Å². The van der Waals surface area contributed by atoms with Crippen molar-refractivity contribution in [3.63, 3.8) is 0 Å². The Bertz CT molecular complexity index is 377. The van der Waals surface area contributed by atoms with Crippen molar-refractivity contribution < 1.29 is 4.79 Å². The average molecular weight is 237 g/mol. The molecule has 1 aromatic heterocycles. The summed E-state index contributed by atoms with van der Waals surface area (Å²) in [5, 5.41) is 5.35. The highest BCUT2D eigenvalue weighted by Gasteiger charge is 2.40. The van der Waals surface area contributed by atoms with Crippen LogP contribution >= 0.6 is 11.3 Å². The number of hydrogen-bond acceptors (Lipinski definition) is 3. The third-order valence-electron chi connectivity index (χ3n) is 3.45. The molecule has 1 aliphatic heterocycles. The lowest BCUT2D eigenvalue weighted by Gasteiger charge is -2.25. The van der Waals surface area contributed by atoms with Crippen molar-refractivity contribution in [3.8, 4) is 0 Å². The fourth-order valence-electron chi connectivity index (χ4n) is 2.61. The van der Waals surface area contributed by atoms with Gasteiger partial charge in [-0.05, 0) is 32.4 Å². The Morgan fingerprint density at radius 3 is 2.94 bits per heavy atom. The Labute approximate surface area is 101 Å². The third kappa shape index (κ3) is 2.06. The van der Waals surface area contributed by atoms with Gasteiger partial charge in [-0.1, -0.05) is 13.3 Å². The molecule has 1 saturated heterocycles. The molecule has 0 spiro atoms. The van der Waals surface area contributed by atoms with Crippen LogP contribution in [0.15, 0.2) is 11.4 Å². The Kier molecular flexibility index (Phi) is 3.45. The summed E-state index contributed by atoms with van der Waals surface area (Å²) < 4.78 is 0. The molecule has 1 atom stereocenters. The lowest BCUT2D eigenvalue weighted by Crippen LogP contribution is -2.33. The van der Waals surface area contributed by atoms with Gasteiger partial charge in [0.25, 0.3) is 0 Å². The predicted molar refractivity (Wildman–Crippen MR) is 68.2 cm³/mol. The molecular weight excluding hydrogens is 218 g/mol. The van der Waals surface area contributed by atoms with Crippen LogP contribution in [0.2, 0.25) is 0 Å². The Hall–Kier alpha value is -0.670. The van der Waals surface area contributed by atoms with E-state index < -0.39 is 0 Å². The fraction of sp³-hybridized carbons (Fsp3) is 0.615. The highest BCUT2D eigenvalue weighted by atomic mass is 32.1. The van der Waals surface area contributed by atoms with Crippen LogP contribution in [0, 0.1) is 12.3 Å². The van der Waals surface area contributed by atoms with Crippen LogP contribution in [-0.4, -0.2) is 18.9 Å². The van der Waals surface area contributed by atoms with Gasteiger partial charge in [-0.15, -0.1) is 11.3 Å². The molecule has 2 rings (SSSR count). The van der Waals surface area contributed by atoms with E-state index in [-0.39, 0.29) is 5.41 Å². The summed E-state index contributed by atoms with van der Waals surface area (Å²) in [5.74, 6) is 0.351. The molecule has 2 nitrogen and oxygen atoms in total. The van der Waals surface area contributed by atoms with Crippen LogP contribution in [0.3, 0.4) is 0 Å². The maximum atomic E-state index is 12.5. The van der Waals surface area contributed by atoms with Gasteiger partial charge in [-0.2, -0.15) is 0 Å². The summed E-state index contributed by atoms with van der Waals surface area (Å²) in [6.07, 6.45) is 3.08. The van der Waals surface area contributed by atoms with Gasteiger partial charge in [0.05, 0.1) is 0 Å². The second-order valence-corrected chi connectivity index (χ2v) is 5.85. The van der Waals surface area contributed by atoms with E-state index in [4.69, 9.17) is 0 Å². The second kappa shape index (κ2) is 4.68.